The largest absolute Gasteiger partial charge is 0.462 e. The molecule has 0 spiro atoms. The number of oxazole rings is 1. The number of carbonyl (C=O) groups excluding carboxylic acids is 1. The number of esters is 1. The third-order valence-corrected chi connectivity index (χ3v) is 4.82. The average molecular weight is 402 g/mol. The number of benzene rings is 1. The van der Waals surface area contributed by atoms with Crippen LogP contribution in [0.25, 0.3) is 11.1 Å². The molecule has 28 heavy (non-hydrogen) atoms. The van der Waals surface area contributed by atoms with Crippen molar-refractivity contribution in [3.8, 4) is 0 Å². The lowest BCUT2D eigenvalue weighted by Gasteiger charge is -2.34. The minimum atomic E-state index is -0.352. The van der Waals surface area contributed by atoms with E-state index in [0.29, 0.717) is 40.9 Å². The highest BCUT2D eigenvalue weighted by molar-refractivity contribution is 6.29. The summed E-state index contributed by atoms with van der Waals surface area (Å²) in [5, 5.41) is 8.42. The Morgan fingerprint density at radius 3 is 2.71 bits per heavy atom. The first-order chi connectivity index (χ1) is 13.6. The molecule has 2 aromatic heterocycles. The van der Waals surface area contributed by atoms with Crippen molar-refractivity contribution in [3.63, 3.8) is 0 Å². The molecule has 1 fully saturated rings. The molecule has 0 atom stereocenters. The van der Waals surface area contributed by atoms with Crippen LogP contribution in [0.2, 0.25) is 5.15 Å². The standard InChI is InChI=1S/C19H20ClN5O3/c1-2-27-19(26)13-3-4-15-14(11-13)21-18(28-15)12-24-7-9-25(10-8-24)17-6-5-16(20)22-23-17/h3-6,11H,2,7-10,12H2,1H3. The second-order valence-electron chi connectivity index (χ2n) is 6.49. The molecular weight excluding hydrogens is 382 g/mol. The van der Waals surface area contributed by atoms with Crippen LogP contribution < -0.4 is 4.90 Å². The van der Waals surface area contributed by atoms with E-state index in [2.05, 4.69) is 25.0 Å². The lowest BCUT2D eigenvalue weighted by Crippen LogP contribution is -2.46. The van der Waals surface area contributed by atoms with Gasteiger partial charge in [0.15, 0.2) is 16.6 Å². The number of anilines is 1. The second kappa shape index (κ2) is 8.12. The lowest BCUT2D eigenvalue weighted by molar-refractivity contribution is 0.0526. The van der Waals surface area contributed by atoms with Gasteiger partial charge in [-0.15, -0.1) is 10.2 Å². The Balaban J connectivity index is 1.39. The molecule has 0 unspecified atom stereocenters. The number of piperazine rings is 1. The number of hydrogen-bond acceptors (Lipinski definition) is 8. The van der Waals surface area contributed by atoms with E-state index in [9.17, 15) is 4.79 Å². The topological polar surface area (TPSA) is 84.6 Å². The second-order valence-corrected chi connectivity index (χ2v) is 6.88. The van der Waals surface area contributed by atoms with Gasteiger partial charge in [-0.05, 0) is 37.3 Å². The van der Waals surface area contributed by atoms with Crippen molar-refractivity contribution in [2.45, 2.75) is 13.5 Å². The first kappa shape index (κ1) is 18.6. The van der Waals surface area contributed by atoms with Gasteiger partial charge in [-0.1, -0.05) is 11.6 Å². The minimum Gasteiger partial charge on any atom is -0.462 e. The Morgan fingerprint density at radius 2 is 2.00 bits per heavy atom. The molecule has 8 nitrogen and oxygen atoms in total. The number of ether oxygens (including phenoxy) is 1. The van der Waals surface area contributed by atoms with E-state index in [4.69, 9.17) is 20.8 Å². The Morgan fingerprint density at radius 1 is 1.18 bits per heavy atom. The number of carbonyl (C=O) groups is 1. The molecule has 0 radical (unpaired) electrons. The molecule has 0 amide bonds. The number of rotatable bonds is 5. The van der Waals surface area contributed by atoms with Gasteiger partial charge in [0.25, 0.3) is 0 Å². The van der Waals surface area contributed by atoms with Gasteiger partial charge in [-0.3, -0.25) is 4.90 Å². The zero-order chi connectivity index (χ0) is 19.5. The molecule has 3 heterocycles. The summed E-state index contributed by atoms with van der Waals surface area (Å²) in [6.45, 7) is 6.13. The van der Waals surface area contributed by atoms with Crippen LogP contribution in [0.3, 0.4) is 0 Å². The smallest absolute Gasteiger partial charge is 0.338 e. The molecule has 1 aliphatic rings. The fourth-order valence-corrected chi connectivity index (χ4v) is 3.29. The monoisotopic (exact) mass is 401 g/mol. The van der Waals surface area contributed by atoms with E-state index in [-0.39, 0.29) is 5.97 Å². The van der Waals surface area contributed by atoms with Crippen molar-refractivity contribution in [2.75, 3.05) is 37.7 Å². The van der Waals surface area contributed by atoms with Crippen LogP contribution >= 0.6 is 11.6 Å². The average Bonchev–Trinajstić information content (AvgIpc) is 3.11. The third kappa shape index (κ3) is 4.07. The van der Waals surface area contributed by atoms with E-state index < -0.39 is 0 Å². The van der Waals surface area contributed by atoms with E-state index in [1.165, 1.54) is 0 Å². The van der Waals surface area contributed by atoms with Crippen LogP contribution in [0.5, 0.6) is 0 Å². The molecular formula is C19H20ClN5O3. The van der Waals surface area contributed by atoms with Gasteiger partial charge in [0.1, 0.15) is 5.52 Å². The number of fused-ring (bicyclic) bond motifs is 1. The maximum atomic E-state index is 11.9. The summed E-state index contributed by atoms with van der Waals surface area (Å²) in [6.07, 6.45) is 0. The van der Waals surface area contributed by atoms with Crippen molar-refractivity contribution in [1.29, 1.82) is 0 Å². The van der Waals surface area contributed by atoms with Gasteiger partial charge in [0.2, 0.25) is 5.89 Å². The molecule has 1 saturated heterocycles. The van der Waals surface area contributed by atoms with E-state index in [1.54, 1.807) is 31.2 Å². The summed E-state index contributed by atoms with van der Waals surface area (Å²) in [5.74, 6) is 1.11. The highest BCUT2D eigenvalue weighted by atomic mass is 35.5. The van der Waals surface area contributed by atoms with Gasteiger partial charge < -0.3 is 14.1 Å². The van der Waals surface area contributed by atoms with Gasteiger partial charge in [0.05, 0.1) is 18.7 Å². The van der Waals surface area contributed by atoms with Crippen molar-refractivity contribution >= 4 is 34.5 Å². The number of hydrogen-bond donors (Lipinski definition) is 0. The SMILES string of the molecule is CCOC(=O)c1ccc2oc(CN3CCN(c4ccc(Cl)nn4)CC3)nc2c1. The van der Waals surface area contributed by atoms with E-state index in [1.807, 2.05) is 6.07 Å². The summed E-state index contributed by atoms with van der Waals surface area (Å²) >= 11 is 5.80. The zero-order valence-corrected chi connectivity index (χ0v) is 16.2. The van der Waals surface area contributed by atoms with Gasteiger partial charge in [-0.25, -0.2) is 9.78 Å². The molecule has 0 aliphatic carbocycles. The molecule has 0 N–H and O–H groups in total. The quantitative estimate of drug-likeness (QED) is 0.603. The molecule has 0 bridgehead atoms. The molecule has 0 saturated carbocycles. The Kier molecular flexibility index (Phi) is 5.40. The molecule has 4 rings (SSSR count). The highest BCUT2D eigenvalue weighted by Gasteiger charge is 2.20. The van der Waals surface area contributed by atoms with Crippen LogP contribution in [-0.2, 0) is 11.3 Å². The van der Waals surface area contributed by atoms with Crippen LogP contribution in [0.1, 0.15) is 23.2 Å². The Hall–Kier alpha value is -2.71. The number of aromatic nitrogens is 3. The van der Waals surface area contributed by atoms with Crippen molar-refractivity contribution < 1.29 is 13.9 Å². The van der Waals surface area contributed by atoms with E-state index in [0.717, 1.165) is 32.0 Å². The maximum absolute atomic E-state index is 11.9. The normalized spacial score (nSPS) is 15.1. The fraction of sp³-hybridized carbons (Fsp3) is 0.368. The summed E-state index contributed by atoms with van der Waals surface area (Å²) in [6, 6.07) is 8.79. The molecule has 1 aromatic carbocycles. The summed E-state index contributed by atoms with van der Waals surface area (Å²) in [7, 11) is 0. The number of nitrogens with zero attached hydrogens (tertiary/aromatic N) is 5. The number of halogens is 1. The highest BCUT2D eigenvalue weighted by Crippen LogP contribution is 2.20. The maximum Gasteiger partial charge on any atom is 0.338 e. The predicted molar refractivity (Wildman–Crippen MR) is 104 cm³/mol. The molecule has 3 aromatic rings. The summed E-state index contributed by atoms with van der Waals surface area (Å²) < 4.78 is 10.9. The van der Waals surface area contributed by atoms with Gasteiger partial charge >= 0.3 is 5.97 Å². The van der Waals surface area contributed by atoms with E-state index >= 15 is 0 Å². The van der Waals surface area contributed by atoms with Gasteiger partial charge in [0, 0.05) is 26.2 Å². The van der Waals surface area contributed by atoms with Crippen LogP contribution in [0.4, 0.5) is 5.82 Å². The van der Waals surface area contributed by atoms with Crippen LogP contribution in [0, 0.1) is 0 Å². The van der Waals surface area contributed by atoms with Crippen molar-refractivity contribution in [2.24, 2.45) is 0 Å². The van der Waals surface area contributed by atoms with Crippen molar-refractivity contribution in [1.82, 2.24) is 20.1 Å². The summed E-state index contributed by atoms with van der Waals surface area (Å²) in [4.78, 5) is 20.9. The molecule has 9 heteroatoms. The van der Waals surface area contributed by atoms with Gasteiger partial charge in [-0.2, -0.15) is 0 Å². The Bertz CT molecular complexity index is 967. The minimum absolute atomic E-state index is 0.342. The summed E-state index contributed by atoms with van der Waals surface area (Å²) in [5.41, 5.74) is 1.81. The predicted octanol–water partition coefficient (Wildman–Crippen LogP) is 2.77. The Labute approximate surface area is 167 Å². The van der Waals surface area contributed by atoms with Crippen LogP contribution in [-0.4, -0.2) is 58.8 Å². The molecule has 146 valence electrons. The first-order valence-corrected chi connectivity index (χ1v) is 9.53. The van der Waals surface area contributed by atoms with Crippen LogP contribution in [0.15, 0.2) is 34.7 Å². The van der Waals surface area contributed by atoms with Crippen molar-refractivity contribution in [3.05, 3.63) is 46.9 Å². The fourth-order valence-electron chi connectivity index (χ4n) is 3.19. The zero-order valence-electron chi connectivity index (χ0n) is 15.5. The lowest BCUT2D eigenvalue weighted by atomic mass is 10.2. The third-order valence-electron chi connectivity index (χ3n) is 4.62. The molecule has 1 aliphatic heterocycles. The first-order valence-electron chi connectivity index (χ1n) is 9.15.